The van der Waals surface area contributed by atoms with E-state index in [1.165, 1.54) is 23.5 Å². The van der Waals surface area contributed by atoms with Gasteiger partial charge in [0, 0.05) is 5.25 Å². The number of hydrogen-bond donors (Lipinski definition) is 1. The molecule has 0 bridgehead atoms. The highest BCUT2D eigenvalue weighted by Crippen LogP contribution is 2.32. The van der Waals surface area contributed by atoms with Gasteiger partial charge >= 0.3 is 0 Å². The van der Waals surface area contributed by atoms with Crippen LogP contribution in [0.15, 0.2) is 41.7 Å². The summed E-state index contributed by atoms with van der Waals surface area (Å²) in [6.45, 7) is 2.08. The van der Waals surface area contributed by atoms with Crippen molar-refractivity contribution in [1.29, 1.82) is 5.26 Å². The third kappa shape index (κ3) is 2.79. The number of aromatic nitrogens is 2. The minimum Gasteiger partial charge on any atom is -0.382 e. The van der Waals surface area contributed by atoms with Crippen molar-refractivity contribution in [3.63, 3.8) is 0 Å². The second kappa shape index (κ2) is 5.52. The Kier molecular flexibility index (Phi) is 3.80. The van der Waals surface area contributed by atoms with E-state index in [4.69, 9.17) is 11.0 Å². The van der Waals surface area contributed by atoms with Gasteiger partial charge in [0.05, 0.1) is 6.20 Å². The molecule has 4 nitrogen and oxygen atoms in total. The molecule has 5 heteroatoms. The zero-order valence-corrected chi connectivity index (χ0v) is 10.7. The summed E-state index contributed by atoms with van der Waals surface area (Å²) in [5.74, 6) is 0.232. The maximum atomic E-state index is 8.75. The van der Waals surface area contributed by atoms with Crippen molar-refractivity contribution in [1.82, 2.24) is 9.97 Å². The summed E-state index contributed by atoms with van der Waals surface area (Å²) in [4.78, 5) is 8.24. The molecule has 0 spiro atoms. The molecule has 1 unspecified atom stereocenters. The Morgan fingerprint density at radius 2 is 2.06 bits per heavy atom. The number of benzene rings is 1. The van der Waals surface area contributed by atoms with Crippen molar-refractivity contribution < 1.29 is 0 Å². The average molecular weight is 256 g/mol. The van der Waals surface area contributed by atoms with E-state index in [9.17, 15) is 0 Å². The number of nitrogen functional groups attached to an aromatic ring is 1. The summed E-state index contributed by atoms with van der Waals surface area (Å²) in [6, 6.07) is 12.1. The predicted octanol–water partition coefficient (Wildman–Crippen LogP) is 2.78. The molecule has 2 N–H and O–H groups in total. The fraction of sp³-hybridized carbons (Fsp3) is 0.154. The molecule has 0 saturated carbocycles. The van der Waals surface area contributed by atoms with Crippen LogP contribution in [0.3, 0.4) is 0 Å². The molecule has 90 valence electrons. The number of nitrogens with zero attached hydrogens (tertiary/aromatic N) is 3. The molecule has 1 aromatic carbocycles. The maximum Gasteiger partial charge on any atom is 0.190 e. The van der Waals surface area contributed by atoms with Crippen molar-refractivity contribution in [2.24, 2.45) is 0 Å². The van der Waals surface area contributed by atoms with Crippen LogP contribution in [0.4, 0.5) is 5.82 Å². The summed E-state index contributed by atoms with van der Waals surface area (Å²) in [5, 5.41) is 9.57. The minimum absolute atomic E-state index is 0.232. The van der Waals surface area contributed by atoms with Gasteiger partial charge in [-0.3, -0.25) is 0 Å². The molecule has 2 aromatic rings. The fourth-order valence-electron chi connectivity index (χ4n) is 1.47. The number of nitrogens with two attached hydrogens (primary N) is 1. The third-order valence-electron chi connectivity index (χ3n) is 2.47. The largest absolute Gasteiger partial charge is 0.382 e. The molecule has 0 radical (unpaired) electrons. The zero-order chi connectivity index (χ0) is 13.0. The lowest BCUT2D eigenvalue weighted by Gasteiger charge is -2.10. The van der Waals surface area contributed by atoms with E-state index in [0.29, 0.717) is 10.7 Å². The highest BCUT2D eigenvalue weighted by Gasteiger charge is 2.10. The first-order valence-corrected chi connectivity index (χ1v) is 6.33. The lowest BCUT2D eigenvalue weighted by molar-refractivity contribution is 0.954. The Morgan fingerprint density at radius 1 is 1.33 bits per heavy atom. The van der Waals surface area contributed by atoms with E-state index >= 15 is 0 Å². The van der Waals surface area contributed by atoms with Crippen LogP contribution >= 0.6 is 11.8 Å². The third-order valence-corrected chi connectivity index (χ3v) is 3.50. The predicted molar refractivity (Wildman–Crippen MR) is 71.9 cm³/mol. The Bertz CT molecular complexity index is 577. The van der Waals surface area contributed by atoms with Crippen LogP contribution in [0.1, 0.15) is 23.3 Å². The summed E-state index contributed by atoms with van der Waals surface area (Å²) in [6.07, 6.45) is 1.46. The summed E-state index contributed by atoms with van der Waals surface area (Å²) in [5.41, 5.74) is 7.17. The number of hydrogen-bond acceptors (Lipinski definition) is 5. The first kappa shape index (κ1) is 12.4. The van der Waals surface area contributed by atoms with Crippen LogP contribution in [-0.2, 0) is 0 Å². The SMILES string of the molecule is CC(Sc1ncc(C#N)c(N)n1)c1ccccc1. The van der Waals surface area contributed by atoms with Crippen LogP contribution in [0, 0.1) is 11.3 Å². The molecular formula is C13H12N4S. The van der Waals surface area contributed by atoms with E-state index in [-0.39, 0.29) is 11.1 Å². The highest BCUT2D eigenvalue weighted by atomic mass is 32.2. The zero-order valence-electron chi connectivity index (χ0n) is 9.87. The van der Waals surface area contributed by atoms with E-state index in [0.717, 1.165) is 0 Å². The van der Waals surface area contributed by atoms with Gasteiger partial charge in [-0.05, 0) is 12.5 Å². The molecule has 0 aliphatic rings. The second-order valence-corrected chi connectivity index (χ2v) is 5.04. The molecule has 0 aliphatic carbocycles. The first-order valence-electron chi connectivity index (χ1n) is 5.45. The van der Waals surface area contributed by atoms with Gasteiger partial charge in [0.15, 0.2) is 5.16 Å². The molecule has 0 fully saturated rings. The Balaban J connectivity index is 2.15. The molecule has 1 heterocycles. The van der Waals surface area contributed by atoms with Gasteiger partial charge in [0.1, 0.15) is 17.5 Å². The lowest BCUT2D eigenvalue weighted by atomic mass is 10.2. The second-order valence-electron chi connectivity index (χ2n) is 3.73. The van der Waals surface area contributed by atoms with Gasteiger partial charge < -0.3 is 5.73 Å². The molecule has 2 rings (SSSR count). The monoisotopic (exact) mass is 256 g/mol. The van der Waals surface area contributed by atoms with Gasteiger partial charge in [-0.25, -0.2) is 9.97 Å². The van der Waals surface area contributed by atoms with Gasteiger partial charge in [-0.15, -0.1) is 0 Å². The Morgan fingerprint density at radius 3 is 2.67 bits per heavy atom. The van der Waals surface area contributed by atoms with Crippen LogP contribution in [0.25, 0.3) is 0 Å². The molecular weight excluding hydrogens is 244 g/mol. The van der Waals surface area contributed by atoms with Gasteiger partial charge in [0.2, 0.25) is 0 Å². The number of thioether (sulfide) groups is 1. The van der Waals surface area contributed by atoms with E-state index in [1.54, 1.807) is 0 Å². The van der Waals surface area contributed by atoms with E-state index in [1.807, 2.05) is 24.3 Å². The maximum absolute atomic E-state index is 8.75. The molecule has 0 aliphatic heterocycles. The number of anilines is 1. The van der Waals surface area contributed by atoms with Crippen LogP contribution in [0.2, 0.25) is 0 Å². The number of nitriles is 1. The Labute approximate surface area is 110 Å². The standard InChI is InChI=1S/C13H12N4S/c1-9(10-5-3-2-4-6-10)18-13-16-8-11(7-14)12(15)17-13/h2-6,8-9H,1H3,(H2,15,16,17). The Hall–Kier alpha value is -2.06. The number of rotatable bonds is 3. The van der Waals surface area contributed by atoms with Crippen molar-refractivity contribution in [2.75, 3.05) is 5.73 Å². The molecule has 1 aromatic heterocycles. The summed E-state index contributed by atoms with van der Waals surface area (Å²) >= 11 is 1.52. The van der Waals surface area contributed by atoms with Crippen LogP contribution < -0.4 is 5.73 Å². The van der Waals surface area contributed by atoms with Crippen molar-refractivity contribution in [3.05, 3.63) is 47.7 Å². The summed E-state index contributed by atoms with van der Waals surface area (Å²) < 4.78 is 0. The molecule has 0 amide bonds. The fourth-order valence-corrected chi connectivity index (χ4v) is 2.35. The van der Waals surface area contributed by atoms with E-state index in [2.05, 4.69) is 29.0 Å². The van der Waals surface area contributed by atoms with Gasteiger partial charge in [-0.2, -0.15) is 5.26 Å². The van der Waals surface area contributed by atoms with Crippen molar-refractivity contribution in [2.45, 2.75) is 17.3 Å². The lowest BCUT2D eigenvalue weighted by Crippen LogP contribution is -1.99. The molecule has 0 saturated heterocycles. The van der Waals surface area contributed by atoms with Gasteiger partial charge in [-0.1, -0.05) is 42.1 Å². The normalized spacial score (nSPS) is 11.8. The topological polar surface area (TPSA) is 75.6 Å². The molecule has 1 atom stereocenters. The smallest absolute Gasteiger partial charge is 0.190 e. The van der Waals surface area contributed by atoms with Crippen LogP contribution in [0.5, 0.6) is 0 Å². The quantitative estimate of drug-likeness (QED) is 0.675. The highest BCUT2D eigenvalue weighted by molar-refractivity contribution is 7.99. The van der Waals surface area contributed by atoms with Gasteiger partial charge in [0.25, 0.3) is 0 Å². The van der Waals surface area contributed by atoms with Crippen molar-refractivity contribution >= 4 is 17.6 Å². The minimum atomic E-state index is 0.232. The molecule has 18 heavy (non-hydrogen) atoms. The van der Waals surface area contributed by atoms with Crippen LogP contribution in [-0.4, -0.2) is 9.97 Å². The summed E-state index contributed by atoms with van der Waals surface area (Å²) in [7, 11) is 0. The van der Waals surface area contributed by atoms with E-state index < -0.39 is 0 Å². The first-order chi connectivity index (χ1) is 8.70. The average Bonchev–Trinajstić information content (AvgIpc) is 2.40. The van der Waals surface area contributed by atoms with Crippen molar-refractivity contribution in [3.8, 4) is 6.07 Å².